The zero-order chi connectivity index (χ0) is 25.1. The van der Waals surface area contributed by atoms with E-state index in [2.05, 4.69) is 10.3 Å². The first-order valence-electron chi connectivity index (χ1n) is 12.0. The highest BCUT2D eigenvalue weighted by molar-refractivity contribution is 6.02. The maximum Gasteiger partial charge on any atom is 0.271 e. The van der Waals surface area contributed by atoms with Crippen LogP contribution in [0.2, 0.25) is 0 Å². The normalized spacial score (nSPS) is 23.0. The fourth-order valence-corrected chi connectivity index (χ4v) is 5.14. The number of hydrogen-bond donors (Lipinski definition) is 3. The monoisotopic (exact) mass is 484 g/mol. The summed E-state index contributed by atoms with van der Waals surface area (Å²) in [7, 11) is 1.56. The van der Waals surface area contributed by atoms with Crippen molar-refractivity contribution in [3.05, 3.63) is 30.0 Å². The Labute approximate surface area is 203 Å². The number of nitrogens with zero attached hydrogens (tertiary/aromatic N) is 1. The zero-order valence-corrected chi connectivity index (χ0v) is 20.0. The van der Waals surface area contributed by atoms with Crippen molar-refractivity contribution in [3.8, 4) is 5.75 Å². The summed E-state index contributed by atoms with van der Waals surface area (Å²) >= 11 is 0. The minimum absolute atomic E-state index is 0.0915. The minimum Gasteiger partial charge on any atom is -0.496 e. The Bertz CT molecular complexity index is 1130. The van der Waals surface area contributed by atoms with E-state index in [1.807, 2.05) is 19.1 Å². The fourth-order valence-electron chi connectivity index (χ4n) is 5.14. The maximum absolute atomic E-state index is 13.5. The zero-order valence-electron chi connectivity index (χ0n) is 20.0. The molecule has 10 nitrogen and oxygen atoms in total. The number of hydrogen-bond acceptors (Lipinski definition) is 6. The molecular formula is C25H32N4O6. The average Bonchev–Trinajstić information content (AvgIpc) is 3.56. The van der Waals surface area contributed by atoms with Gasteiger partial charge in [-0.05, 0) is 44.4 Å². The van der Waals surface area contributed by atoms with E-state index >= 15 is 0 Å². The molecule has 1 saturated heterocycles. The van der Waals surface area contributed by atoms with Crippen LogP contribution in [-0.4, -0.2) is 71.8 Å². The fraction of sp³-hybridized carbons (Fsp3) is 0.520. The molecular weight excluding hydrogens is 452 g/mol. The van der Waals surface area contributed by atoms with Crippen LogP contribution in [-0.2, 0) is 19.1 Å². The van der Waals surface area contributed by atoms with Crippen LogP contribution >= 0.6 is 0 Å². The molecule has 1 saturated carbocycles. The second-order valence-corrected chi connectivity index (χ2v) is 9.15. The van der Waals surface area contributed by atoms with Gasteiger partial charge in [0.1, 0.15) is 29.3 Å². The first-order valence-corrected chi connectivity index (χ1v) is 12.0. The third-order valence-corrected chi connectivity index (χ3v) is 6.91. The smallest absolute Gasteiger partial charge is 0.271 e. The third-order valence-electron chi connectivity index (χ3n) is 6.91. The highest BCUT2D eigenvalue weighted by Crippen LogP contribution is 2.29. The summed E-state index contributed by atoms with van der Waals surface area (Å²) in [6.07, 6.45) is 2.10. The molecule has 4 atom stereocenters. The molecule has 2 aromatic rings. The Morgan fingerprint density at radius 3 is 2.77 bits per heavy atom. The number of carbonyl (C=O) groups excluding carboxylic acids is 4. The van der Waals surface area contributed by atoms with E-state index in [0.717, 1.165) is 17.3 Å². The lowest BCUT2D eigenvalue weighted by Gasteiger charge is -2.26. The van der Waals surface area contributed by atoms with Crippen molar-refractivity contribution in [1.82, 2.24) is 15.2 Å². The number of aromatic nitrogens is 1. The molecule has 2 fully saturated rings. The molecule has 2 heterocycles. The summed E-state index contributed by atoms with van der Waals surface area (Å²) in [6.45, 7) is 2.53. The number of carbonyl (C=O) groups is 4. The molecule has 1 aromatic heterocycles. The highest BCUT2D eigenvalue weighted by Gasteiger charge is 2.42. The predicted molar refractivity (Wildman–Crippen MR) is 128 cm³/mol. The SMILES string of the molecule is CCO[C@@H]1C[C@@H](C(=O)N[C@@H](C[C@@H]2CCCC2=O)C(N)=O)N(C(=O)c2cc3c(OC)cccc3[nH]2)C1. The Morgan fingerprint density at radius 1 is 1.31 bits per heavy atom. The van der Waals surface area contributed by atoms with Crippen molar-refractivity contribution < 1.29 is 28.7 Å². The van der Waals surface area contributed by atoms with Gasteiger partial charge in [-0.15, -0.1) is 0 Å². The largest absolute Gasteiger partial charge is 0.496 e. The number of amides is 3. The Morgan fingerprint density at radius 2 is 2.11 bits per heavy atom. The van der Waals surface area contributed by atoms with Crippen LogP contribution in [0.5, 0.6) is 5.75 Å². The number of H-pyrrole nitrogens is 1. The number of likely N-dealkylation sites (tertiary alicyclic amines) is 1. The first-order chi connectivity index (χ1) is 16.8. The third kappa shape index (κ3) is 5.17. The van der Waals surface area contributed by atoms with Gasteiger partial charge in [0.2, 0.25) is 11.8 Å². The van der Waals surface area contributed by atoms with Gasteiger partial charge in [-0.25, -0.2) is 0 Å². The van der Waals surface area contributed by atoms with Gasteiger partial charge in [-0.3, -0.25) is 19.2 Å². The van der Waals surface area contributed by atoms with E-state index in [9.17, 15) is 19.2 Å². The Balaban J connectivity index is 1.54. The number of nitrogens with one attached hydrogen (secondary N) is 2. The molecule has 4 rings (SSSR count). The number of fused-ring (bicyclic) bond motifs is 1. The summed E-state index contributed by atoms with van der Waals surface area (Å²) in [4.78, 5) is 55.5. The van der Waals surface area contributed by atoms with Crippen molar-refractivity contribution in [1.29, 1.82) is 0 Å². The molecule has 3 amide bonds. The van der Waals surface area contributed by atoms with Crippen LogP contribution < -0.4 is 15.8 Å². The number of primary amides is 1. The Kier molecular flexibility index (Phi) is 7.39. The number of ketones is 1. The number of Topliss-reactive ketones (excluding diaryl/α,β-unsaturated/α-hetero) is 1. The highest BCUT2D eigenvalue weighted by atomic mass is 16.5. The van der Waals surface area contributed by atoms with Crippen molar-refractivity contribution in [2.75, 3.05) is 20.3 Å². The summed E-state index contributed by atoms with van der Waals surface area (Å²) in [5.41, 5.74) is 6.61. The van der Waals surface area contributed by atoms with Crippen LogP contribution in [0.1, 0.15) is 49.5 Å². The maximum atomic E-state index is 13.5. The standard InChI is InChI=1S/C25H32N4O6/c1-3-35-15-11-20(24(32)28-18(23(26)31)10-14-6-4-8-21(14)30)29(13-15)25(33)19-12-16-17(27-19)7-5-9-22(16)34-2/h5,7,9,12,14-15,18,20,27H,3-4,6,8,10-11,13H2,1-2H3,(H2,26,31)(H,28,32)/t14-,15+,18-,20-/m0/s1. The second-order valence-electron chi connectivity index (χ2n) is 9.15. The van der Waals surface area contributed by atoms with Crippen molar-refractivity contribution in [3.63, 3.8) is 0 Å². The van der Waals surface area contributed by atoms with Crippen LogP contribution in [0, 0.1) is 5.92 Å². The Hall–Kier alpha value is -3.40. The lowest BCUT2D eigenvalue weighted by atomic mass is 9.96. The molecule has 10 heteroatoms. The van der Waals surface area contributed by atoms with Gasteiger partial charge in [-0.1, -0.05) is 6.07 Å². The topological polar surface area (TPSA) is 144 Å². The summed E-state index contributed by atoms with van der Waals surface area (Å²) < 4.78 is 11.1. The number of benzene rings is 1. The van der Waals surface area contributed by atoms with Crippen LogP contribution in [0.25, 0.3) is 10.9 Å². The molecule has 0 spiro atoms. The van der Waals surface area contributed by atoms with Gasteiger partial charge in [-0.2, -0.15) is 0 Å². The summed E-state index contributed by atoms with van der Waals surface area (Å²) in [6, 6.07) is 5.36. The van der Waals surface area contributed by atoms with E-state index in [-0.39, 0.29) is 36.7 Å². The number of nitrogens with two attached hydrogens (primary N) is 1. The second kappa shape index (κ2) is 10.5. The van der Waals surface area contributed by atoms with Crippen molar-refractivity contribution in [2.24, 2.45) is 11.7 Å². The minimum atomic E-state index is -0.977. The van der Waals surface area contributed by atoms with E-state index in [4.69, 9.17) is 15.2 Å². The molecule has 4 N–H and O–H groups in total. The van der Waals surface area contributed by atoms with Crippen LogP contribution in [0.4, 0.5) is 0 Å². The van der Waals surface area contributed by atoms with Gasteiger partial charge >= 0.3 is 0 Å². The molecule has 1 aromatic carbocycles. The number of aromatic amines is 1. The van der Waals surface area contributed by atoms with Gasteiger partial charge in [0.15, 0.2) is 0 Å². The lowest BCUT2D eigenvalue weighted by Crippen LogP contribution is -2.53. The first kappa shape index (κ1) is 24.7. The van der Waals surface area contributed by atoms with Crippen LogP contribution in [0.15, 0.2) is 24.3 Å². The van der Waals surface area contributed by atoms with E-state index < -0.39 is 23.9 Å². The quantitative estimate of drug-likeness (QED) is 0.492. The molecule has 2 aliphatic rings. The van der Waals surface area contributed by atoms with Gasteiger partial charge in [0.05, 0.1) is 13.2 Å². The van der Waals surface area contributed by atoms with Crippen molar-refractivity contribution >= 4 is 34.4 Å². The van der Waals surface area contributed by atoms with Gasteiger partial charge < -0.3 is 30.4 Å². The van der Waals surface area contributed by atoms with E-state index in [0.29, 0.717) is 37.3 Å². The van der Waals surface area contributed by atoms with Gasteiger partial charge in [0, 0.05) is 42.8 Å². The molecule has 35 heavy (non-hydrogen) atoms. The lowest BCUT2D eigenvalue weighted by molar-refractivity contribution is -0.130. The summed E-state index contributed by atoms with van der Waals surface area (Å²) in [5, 5.41) is 3.46. The van der Waals surface area contributed by atoms with E-state index in [1.165, 1.54) is 4.90 Å². The molecule has 0 radical (unpaired) electrons. The molecule has 0 bridgehead atoms. The van der Waals surface area contributed by atoms with Crippen LogP contribution in [0.3, 0.4) is 0 Å². The van der Waals surface area contributed by atoms with Crippen molar-refractivity contribution in [2.45, 2.75) is 57.2 Å². The molecule has 0 unspecified atom stereocenters. The number of ether oxygens (including phenoxy) is 2. The summed E-state index contributed by atoms with van der Waals surface area (Å²) in [5.74, 6) is -1.10. The average molecular weight is 485 g/mol. The van der Waals surface area contributed by atoms with E-state index in [1.54, 1.807) is 19.2 Å². The van der Waals surface area contributed by atoms with Gasteiger partial charge in [0.25, 0.3) is 5.91 Å². The predicted octanol–water partition coefficient (Wildman–Crippen LogP) is 1.53. The molecule has 188 valence electrons. The number of rotatable bonds is 9. The molecule has 1 aliphatic heterocycles. The number of methoxy groups -OCH3 is 1. The molecule has 1 aliphatic carbocycles.